The van der Waals surface area contributed by atoms with E-state index >= 15 is 0 Å². The van der Waals surface area contributed by atoms with E-state index in [1.165, 1.54) is 0 Å². The molecule has 2 rings (SSSR count). The van der Waals surface area contributed by atoms with Crippen molar-refractivity contribution in [1.29, 1.82) is 0 Å². The fraction of sp³-hybridized carbons (Fsp3) is 0.286. The highest BCUT2D eigenvalue weighted by Crippen LogP contribution is 2.12. The van der Waals surface area contributed by atoms with E-state index in [-0.39, 0.29) is 11.9 Å². The molecule has 0 aliphatic heterocycles. The van der Waals surface area contributed by atoms with Crippen molar-refractivity contribution in [2.24, 2.45) is 12.8 Å². The van der Waals surface area contributed by atoms with Gasteiger partial charge in [-0.1, -0.05) is 30.3 Å². The van der Waals surface area contributed by atoms with Crippen LogP contribution in [0.2, 0.25) is 0 Å². The third kappa shape index (κ3) is 3.66. The van der Waals surface area contributed by atoms with Gasteiger partial charge in [-0.3, -0.25) is 4.79 Å². The Labute approximate surface area is 112 Å². The Morgan fingerprint density at radius 1 is 1.42 bits per heavy atom. The van der Waals surface area contributed by atoms with E-state index in [0.29, 0.717) is 18.7 Å². The van der Waals surface area contributed by atoms with Gasteiger partial charge in [0, 0.05) is 25.8 Å². The van der Waals surface area contributed by atoms with Crippen LogP contribution in [0.1, 0.15) is 28.5 Å². The molecule has 1 atom stereocenters. The molecule has 0 saturated carbocycles. The maximum atomic E-state index is 11.7. The van der Waals surface area contributed by atoms with Gasteiger partial charge in [0.05, 0.1) is 6.33 Å². The fourth-order valence-corrected chi connectivity index (χ4v) is 1.83. The normalized spacial score (nSPS) is 12.1. The molecule has 1 amide bonds. The van der Waals surface area contributed by atoms with Crippen LogP contribution in [0, 0.1) is 0 Å². The van der Waals surface area contributed by atoms with Crippen LogP contribution < -0.4 is 11.1 Å². The molecule has 0 saturated heterocycles. The van der Waals surface area contributed by atoms with Gasteiger partial charge in [0.2, 0.25) is 0 Å². The van der Waals surface area contributed by atoms with Crippen LogP contribution in [0.25, 0.3) is 0 Å². The number of rotatable bonds is 5. The lowest BCUT2D eigenvalue weighted by atomic mass is 10.1. The second-order valence-corrected chi connectivity index (χ2v) is 4.49. The number of aryl methyl sites for hydroxylation is 1. The summed E-state index contributed by atoms with van der Waals surface area (Å²) in [5.74, 6) is -0.166. The zero-order chi connectivity index (χ0) is 13.7. The van der Waals surface area contributed by atoms with Crippen molar-refractivity contribution in [3.8, 4) is 0 Å². The van der Waals surface area contributed by atoms with E-state index in [4.69, 9.17) is 5.73 Å². The SMILES string of the molecule is Cn1cnc(C(=O)NCCC(N)c2ccccc2)c1. The average molecular weight is 258 g/mol. The molecule has 1 unspecified atom stereocenters. The number of carbonyl (C=O) groups is 1. The number of hydrogen-bond acceptors (Lipinski definition) is 3. The van der Waals surface area contributed by atoms with E-state index in [0.717, 1.165) is 5.56 Å². The maximum absolute atomic E-state index is 11.7. The minimum absolute atomic E-state index is 0.0646. The molecule has 0 aliphatic rings. The van der Waals surface area contributed by atoms with Gasteiger partial charge in [-0.15, -0.1) is 0 Å². The third-order valence-corrected chi connectivity index (χ3v) is 2.91. The molecule has 3 N–H and O–H groups in total. The minimum Gasteiger partial charge on any atom is -0.351 e. The first-order valence-electron chi connectivity index (χ1n) is 6.23. The maximum Gasteiger partial charge on any atom is 0.271 e. The monoisotopic (exact) mass is 258 g/mol. The van der Waals surface area contributed by atoms with Crippen LogP contribution in [0.5, 0.6) is 0 Å². The molecule has 1 heterocycles. The molecule has 0 radical (unpaired) electrons. The molecule has 0 aliphatic carbocycles. The molecule has 1 aromatic heterocycles. The molecule has 100 valence electrons. The van der Waals surface area contributed by atoms with Crippen molar-refractivity contribution in [3.05, 3.63) is 54.1 Å². The fourth-order valence-electron chi connectivity index (χ4n) is 1.83. The standard InChI is InChI=1S/C14H18N4O/c1-18-9-13(17-10-18)14(19)16-8-7-12(15)11-5-3-2-4-6-11/h2-6,9-10,12H,7-8,15H2,1H3,(H,16,19). The number of carbonyl (C=O) groups excluding carboxylic acids is 1. The molecule has 2 aromatic rings. The van der Waals surface area contributed by atoms with Crippen molar-refractivity contribution in [1.82, 2.24) is 14.9 Å². The second-order valence-electron chi connectivity index (χ2n) is 4.49. The van der Waals surface area contributed by atoms with Gasteiger partial charge < -0.3 is 15.6 Å². The zero-order valence-corrected chi connectivity index (χ0v) is 10.9. The van der Waals surface area contributed by atoms with Gasteiger partial charge in [-0.2, -0.15) is 0 Å². The molecule has 0 spiro atoms. The zero-order valence-electron chi connectivity index (χ0n) is 10.9. The molecule has 5 nitrogen and oxygen atoms in total. The molecule has 1 aromatic carbocycles. The van der Waals surface area contributed by atoms with E-state index in [2.05, 4.69) is 10.3 Å². The van der Waals surface area contributed by atoms with E-state index in [1.807, 2.05) is 37.4 Å². The summed E-state index contributed by atoms with van der Waals surface area (Å²) in [4.78, 5) is 15.7. The Morgan fingerprint density at radius 3 is 2.79 bits per heavy atom. The molecule has 5 heteroatoms. The number of nitrogens with one attached hydrogen (secondary N) is 1. The van der Waals surface area contributed by atoms with Crippen molar-refractivity contribution in [3.63, 3.8) is 0 Å². The average Bonchev–Trinajstić information content (AvgIpc) is 2.86. The quantitative estimate of drug-likeness (QED) is 0.847. The third-order valence-electron chi connectivity index (χ3n) is 2.91. The van der Waals surface area contributed by atoms with Crippen LogP contribution in [-0.2, 0) is 7.05 Å². The number of aromatic nitrogens is 2. The van der Waals surface area contributed by atoms with Crippen LogP contribution >= 0.6 is 0 Å². The molecule has 19 heavy (non-hydrogen) atoms. The molecule has 0 fully saturated rings. The number of nitrogens with zero attached hydrogens (tertiary/aromatic N) is 2. The predicted octanol–water partition coefficient (Wildman–Crippen LogP) is 1.24. The van der Waals surface area contributed by atoms with Crippen molar-refractivity contribution < 1.29 is 4.79 Å². The second kappa shape index (κ2) is 6.15. The number of amides is 1. The Kier molecular flexibility index (Phi) is 4.30. The van der Waals surface area contributed by atoms with E-state index in [1.54, 1.807) is 17.1 Å². The largest absolute Gasteiger partial charge is 0.351 e. The Balaban J connectivity index is 1.79. The number of hydrogen-bond donors (Lipinski definition) is 2. The van der Waals surface area contributed by atoms with Crippen LogP contribution in [0.3, 0.4) is 0 Å². The van der Waals surface area contributed by atoms with Crippen molar-refractivity contribution >= 4 is 5.91 Å². The Bertz CT molecular complexity index is 535. The van der Waals surface area contributed by atoms with Gasteiger partial charge in [-0.05, 0) is 12.0 Å². The Hall–Kier alpha value is -2.14. The highest BCUT2D eigenvalue weighted by Gasteiger charge is 2.09. The number of benzene rings is 1. The first-order valence-corrected chi connectivity index (χ1v) is 6.23. The van der Waals surface area contributed by atoms with Gasteiger partial charge >= 0.3 is 0 Å². The topological polar surface area (TPSA) is 72.9 Å². The number of imidazole rings is 1. The first-order chi connectivity index (χ1) is 9.16. The lowest BCUT2D eigenvalue weighted by Crippen LogP contribution is -2.27. The minimum atomic E-state index is -0.166. The molecule has 0 bridgehead atoms. The van der Waals surface area contributed by atoms with Gasteiger partial charge in [0.1, 0.15) is 5.69 Å². The van der Waals surface area contributed by atoms with Crippen LogP contribution in [0.15, 0.2) is 42.9 Å². The smallest absolute Gasteiger partial charge is 0.271 e. The summed E-state index contributed by atoms with van der Waals surface area (Å²) >= 11 is 0. The lowest BCUT2D eigenvalue weighted by Gasteiger charge is -2.12. The molecular weight excluding hydrogens is 240 g/mol. The molecular formula is C14H18N4O. The summed E-state index contributed by atoms with van der Waals surface area (Å²) in [6.45, 7) is 0.533. The summed E-state index contributed by atoms with van der Waals surface area (Å²) < 4.78 is 1.74. The van der Waals surface area contributed by atoms with E-state index in [9.17, 15) is 4.79 Å². The highest BCUT2D eigenvalue weighted by atomic mass is 16.1. The summed E-state index contributed by atoms with van der Waals surface area (Å²) in [5.41, 5.74) is 7.56. The van der Waals surface area contributed by atoms with Crippen LogP contribution in [0.4, 0.5) is 0 Å². The van der Waals surface area contributed by atoms with Gasteiger partial charge in [0.15, 0.2) is 0 Å². The summed E-state index contributed by atoms with van der Waals surface area (Å²) in [6.07, 6.45) is 3.99. The number of nitrogens with two attached hydrogens (primary N) is 1. The first kappa shape index (κ1) is 13.3. The highest BCUT2D eigenvalue weighted by molar-refractivity contribution is 5.91. The summed E-state index contributed by atoms with van der Waals surface area (Å²) in [6, 6.07) is 9.80. The van der Waals surface area contributed by atoms with Crippen molar-refractivity contribution in [2.45, 2.75) is 12.5 Å². The summed E-state index contributed by atoms with van der Waals surface area (Å²) in [7, 11) is 1.83. The van der Waals surface area contributed by atoms with E-state index < -0.39 is 0 Å². The Morgan fingerprint density at radius 2 is 2.16 bits per heavy atom. The van der Waals surface area contributed by atoms with Gasteiger partial charge in [0.25, 0.3) is 5.91 Å². The van der Waals surface area contributed by atoms with Crippen LogP contribution in [-0.4, -0.2) is 22.0 Å². The van der Waals surface area contributed by atoms with Crippen molar-refractivity contribution in [2.75, 3.05) is 6.54 Å². The van der Waals surface area contributed by atoms with Gasteiger partial charge in [-0.25, -0.2) is 4.98 Å². The lowest BCUT2D eigenvalue weighted by molar-refractivity contribution is 0.0948. The predicted molar refractivity (Wildman–Crippen MR) is 73.5 cm³/mol. The summed E-state index contributed by atoms with van der Waals surface area (Å²) in [5, 5.41) is 2.82.